The van der Waals surface area contributed by atoms with Crippen molar-refractivity contribution in [2.75, 3.05) is 25.2 Å². The van der Waals surface area contributed by atoms with Crippen molar-refractivity contribution in [3.8, 4) is 0 Å². The normalized spacial score (nSPS) is 20.1. The second-order valence-corrected chi connectivity index (χ2v) is 5.69. The lowest BCUT2D eigenvalue weighted by molar-refractivity contribution is 0.433. The standard InChI is InChI=1S/C9H17ClN2O2S/c1-15(13,14)11-9(8-10)12-6-4-2-3-5-7-12/h2-8H2,1H3. The molecule has 1 heterocycles. The molecule has 1 aliphatic rings. The van der Waals surface area contributed by atoms with E-state index < -0.39 is 10.0 Å². The van der Waals surface area contributed by atoms with Gasteiger partial charge in [0, 0.05) is 13.1 Å². The Hall–Kier alpha value is -0.290. The minimum absolute atomic E-state index is 0.160. The summed E-state index contributed by atoms with van der Waals surface area (Å²) in [6.07, 6.45) is 5.66. The van der Waals surface area contributed by atoms with Crippen molar-refractivity contribution < 1.29 is 8.42 Å². The van der Waals surface area contributed by atoms with Gasteiger partial charge >= 0.3 is 0 Å². The molecule has 0 bridgehead atoms. The maximum Gasteiger partial charge on any atom is 0.251 e. The van der Waals surface area contributed by atoms with Crippen molar-refractivity contribution in [1.29, 1.82) is 0 Å². The van der Waals surface area contributed by atoms with E-state index in [2.05, 4.69) is 4.40 Å². The molecule has 6 heteroatoms. The van der Waals surface area contributed by atoms with Gasteiger partial charge < -0.3 is 4.90 Å². The number of alkyl halides is 1. The van der Waals surface area contributed by atoms with E-state index in [4.69, 9.17) is 11.6 Å². The van der Waals surface area contributed by atoms with Gasteiger partial charge in [-0.3, -0.25) is 0 Å². The van der Waals surface area contributed by atoms with Gasteiger partial charge in [0.1, 0.15) is 5.84 Å². The highest BCUT2D eigenvalue weighted by atomic mass is 35.5. The van der Waals surface area contributed by atoms with Gasteiger partial charge in [-0.25, -0.2) is 8.42 Å². The van der Waals surface area contributed by atoms with E-state index >= 15 is 0 Å². The van der Waals surface area contributed by atoms with Gasteiger partial charge in [0.15, 0.2) is 0 Å². The lowest BCUT2D eigenvalue weighted by atomic mass is 10.2. The number of halogens is 1. The molecule has 0 saturated carbocycles. The van der Waals surface area contributed by atoms with Crippen molar-refractivity contribution in [3.63, 3.8) is 0 Å². The predicted molar refractivity (Wildman–Crippen MR) is 63.0 cm³/mol. The third kappa shape index (κ3) is 4.84. The van der Waals surface area contributed by atoms with Crippen LogP contribution in [0.5, 0.6) is 0 Å². The van der Waals surface area contributed by atoms with Crippen molar-refractivity contribution in [2.45, 2.75) is 25.7 Å². The molecule has 1 saturated heterocycles. The Morgan fingerprint density at radius 1 is 1.27 bits per heavy atom. The van der Waals surface area contributed by atoms with Crippen LogP contribution in [0.2, 0.25) is 0 Å². The number of hydrogen-bond acceptors (Lipinski definition) is 2. The molecular formula is C9H17ClN2O2S. The molecule has 1 rings (SSSR count). The summed E-state index contributed by atoms with van der Waals surface area (Å²) in [5.74, 6) is 0.647. The number of nitrogens with zero attached hydrogens (tertiary/aromatic N) is 2. The first kappa shape index (κ1) is 12.8. The molecule has 0 atom stereocenters. The predicted octanol–water partition coefficient (Wildman–Crippen LogP) is 1.46. The van der Waals surface area contributed by atoms with E-state index in [1.807, 2.05) is 4.90 Å². The zero-order valence-corrected chi connectivity index (χ0v) is 10.5. The quantitative estimate of drug-likeness (QED) is 0.425. The fourth-order valence-corrected chi connectivity index (χ4v) is 2.55. The van der Waals surface area contributed by atoms with E-state index in [-0.39, 0.29) is 5.88 Å². The van der Waals surface area contributed by atoms with Crippen LogP contribution in [0.1, 0.15) is 25.7 Å². The molecule has 0 unspecified atom stereocenters. The first-order valence-electron chi connectivity index (χ1n) is 5.12. The van der Waals surface area contributed by atoms with Crippen LogP contribution < -0.4 is 0 Å². The summed E-state index contributed by atoms with van der Waals surface area (Å²) >= 11 is 5.72. The van der Waals surface area contributed by atoms with Gasteiger partial charge in [0.05, 0.1) is 12.1 Å². The van der Waals surface area contributed by atoms with Gasteiger partial charge in [-0.05, 0) is 12.8 Å². The molecule has 1 fully saturated rings. The maximum atomic E-state index is 11.1. The fraction of sp³-hybridized carbons (Fsp3) is 0.889. The molecule has 0 amide bonds. The first-order valence-corrected chi connectivity index (χ1v) is 7.51. The Balaban J connectivity index is 2.76. The zero-order chi connectivity index (χ0) is 11.3. The highest BCUT2D eigenvalue weighted by Gasteiger charge is 2.14. The van der Waals surface area contributed by atoms with Crippen LogP contribution in [0, 0.1) is 0 Å². The third-order valence-electron chi connectivity index (χ3n) is 2.36. The molecule has 15 heavy (non-hydrogen) atoms. The Labute approximate surface area is 96.4 Å². The molecule has 0 aromatic carbocycles. The molecular weight excluding hydrogens is 236 g/mol. The van der Waals surface area contributed by atoms with Crippen molar-refractivity contribution in [3.05, 3.63) is 0 Å². The van der Waals surface area contributed by atoms with Gasteiger partial charge in [-0.2, -0.15) is 0 Å². The average molecular weight is 253 g/mol. The number of sulfonamides is 1. The highest BCUT2D eigenvalue weighted by Crippen LogP contribution is 2.11. The van der Waals surface area contributed by atoms with Crippen LogP contribution in [0.3, 0.4) is 0 Å². The number of amidine groups is 1. The Bertz CT molecular complexity index is 319. The summed E-state index contributed by atoms with van der Waals surface area (Å²) in [6, 6.07) is 0. The molecule has 0 aliphatic carbocycles. The van der Waals surface area contributed by atoms with E-state index in [1.54, 1.807) is 0 Å². The average Bonchev–Trinajstić information content (AvgIpc) is 2.40. The van der Waals surface area contributed by atoms with E-state index in [1.165, 1.54) is 12.8 Å². The molecule has 88 valence electrons. The van der Waals surface area contributed by atoms with E-state index in [0.29, 0.717) is 5.84 Å². The molecule has 0 aromatic heterocycles. The maximum absolute atomic E-state index is 11.1. The summed E-state index contributed by atoms with van der Waals surface area (Å²) in [4.78, 5) is 1.99. The summed E-state index contributed by atoms with van der Waals surface area (Å²) in [6.45, 7) is 1.72. The number of rotatable bonds is 2. The lowest BCUT2D eigenvalue weighted by Gasteiger charge is -2.22. The van der Waals surface area contributed by atoms with E-state index in [0.717, 1.165) is 32.2 Å². The third-order valence-corrected chi connectivity index (χ3v) is 3.14. The van der Waals surface area contributed by atoms with Gasteiger partial charge in [0.2, 0.25) is 0 Å². The van der Waals surface area contributed by atoms with Gasteiger partial charge in [-0.15, -0.1) is 16.0 Å². The topological polar surface area (TPSA) is 49.7 Å². The van der Waals surface area contributed by atoms with Crippen LogP contribution in [0.4, 0.5) is 0 Å². The molecule has 1 aliphatic heterocycles. The second kappa shape index (κ2) is 5.70. The van der Waals surface area contributed by atoms with E-state index in [9.17, 15) is 8.42 Å². The zero-order valence-electron chi connectivity index (χ0n) is 8.95. The minimum Gasteiger partial charge on any atom is -0.358 e. The largest absolute Gasteiger partial charge is 0.358 e. The summed E-state index contributed by atoms with van der Waals surface area (Å²) < 4.78 is 25.8. The van der Waals surface area contributed by atoms with Crippen LogP contribution in [0.25, 0.3) is 0 Å². The summed E-state index contributed by atoms with van der Waals surface area (Å²) in [5.41, 5.74) is 0. The monoisotopic (exact) mass is 252 g/mol. The SMILES string of the molecule is CS(=O)(=O)N=C(CCl)N1CCCCCC1. The van der Waals surface area contributed by atoms with Crippen molar-refractivity contribution in [2.24, 2.45) is 4.40 Å². The summed E-state index contributed by atoms with van der Waals surface area (Å²) in [7, 11) is -3.33. The number of likely N-dealkylation sites (tertiary alicyclic amines) is 1. The minimum atomic E-state index is -3.33. The van der Waals surface area contributed by atoms with Crippen molar-refractivity contribution >= 4 is 27.5 Å². The van der Waals surface area contributed by atoms with Gasteiger partial charge in [-0.1, -0.05) is 12.8 Å². The smallest absolute Gasteiger partial charge is 0.251 e. The molecule has 0 N–H and O–H groups in total. The Morgan fingerprint density at radius 3 is 2.20 bits per heavy atom. The number of hydrogen-bond donors (Lipinski definition) is 0. The van der Waals surface area contributed by atoms with Gasteiger partial charge in [0.25, 0.3) is 10.0 Å². The fourth-order valence-electron chi connectivity index (χ4n) is 1.69. The van der Waals surface area contributed by atoms with Crippen LogP contribution in [-0.4, -0.2) is 44.4 Å². The van der Waals surface area contributed by atoms with Crippen LogP contribution in [0.15, 0.2) is 4.40 Å². The Morgan fingerprint density at radius 2 is 1.80 bits per heavy atom. The molecule has 0 aromatic rings. The van der Waals surface area contributed by atoms with Crippen LogP contribution in [-0.2, 0) is 10.0 Å². The Kier molecular flexibility index (Phi) is 4.86. The first-order chi connectivity index (χ1) is 7.03. The molecule has 0 spiro atoms. The lowest BCUT2D eigenvalue weighted by Crippen LogP contribution is -2.33. The molecule has 0 radical (unpaired) electrons. The van der Waals surface area contributed by atoms with Crippen LogP contribution >= 0.6 is 11.6 Å². The van der Waals surface area contributed by atoms with Crippen molar-refractivity contribution in [1.82, 2.24) is 4.90 Å². The molecule has 4 nitrogen and oxygen atoms in total. The second-order valence-electron chi connectivity index (χ2n) is 3.78. The summed E-state index contributed by atoms with van der Waals surface area (Å²) in [5, 5.41) is 0. The highest BCUT2D eigenvalue weighted by molar-refractivity contribution is 7.89.